The molecule has 2 aromatic rings. The van der Waals surface area contributed by atoms with E-state index in [0.29, 0.717) is 0 Å². The van der Waals surface area contributed by atoms with Gasteiger partial charge in [0.25, 0.3) is 0 Å². The summed E-state index contributed by atoms with van der Waals surface area (Å²) >= 11 is 9.42. The molecule has 3 rings (SSSR count). The molecule has 0 unspecified atom stereocenters. The molecule has 0 radical (unpaired) electrons. The average Bonchev–Trinajstić information content (AvgIpc) is 2.39. The topological polar surface area (TPSA) is 15.6 Å². The molecule has 0 N–H and O–H groups in total. The number of halogens is 2. The molecule has 0 saturated heterocycles. The molecule has 0 aromatic heterocycles. The Morgan fingerprint density at radius 2 is 1.78 bits per heavy atom. The summed E-state index contributed by atoms with van der Waals surface area (Å²) in [7, 11) is 0. The molecule has 2 nitrogen and oxygen atoms in total. The van der Waals surface area contributed by atoms with Crippen molar-refractivity contribution in [2.45, 2.75) is 6.54 Å². The summed E-state index contributed by atoms with van der Waals surface area (Å²) in [6.07, 6.45) is 0. The molecule has 0 bridgehead atoms. The van der Waals surface area contributed by atoms with Crippen LogP contribution in [-0.4, -0.2) is 4.62 Å². The first-order valence-electron chi connectivity index (χ1n) is 5.59. The standard InChI is InChI=1S/C14H10BrClN2/c15-14-13-4-2-1-3-10(13)9-18(17-14)12-7-5-11(16)6-8-12/h1-8H,9H2. The van der Waals surface area contributed by atoms with Crippen molar-refractivity contribution in [2.24, 2.45) is 5.10 Å². The van der Waals surface area contributed by atoms with E-state index in [1.165, 1.54) is 5.56 Å². The number of fused-ring (bicyclic) bond motifs is 1. The molecule has 0 aliphatic carbocycles. The Morgan fingerprint density at radius 3 is 2.56 bits per heavy atom. The van der Waals surface area contributed by atoms with Gasteiger partial charge in [0.2, 0.25) is 0 Å². The van der Waals surface area contributed by atoms with Crippen molar-refractivity contribution in [2.75, 3.05) is 5.01 Å². The van der Waals surface area contributed by atoms with Gasteiger partial charge in [0.05, 0.1) is 12.2 Å². The van der Waals surface area contributed by atoms with Gasteiger partial charge in [-0.15, -0.1) is 0 Å². The number of rotatable bonds is 1. The van der Waals surface area contributed by atoms with Crippen LogP contribution in [0.1, 0.15) is 11.1 Å². The maximum Gasteiger partial charge on any atom is 0.134 e. The van der Waals surface area contributed by atoms with Crippen molar-refractivity contribution in [3.63, 3.8) is 0 Å². The monoisotopic (exact) mass is 320 g/mol. The highest BCUT2D eigenvalue weighted by Crippen LogP contribution is 2.27. The van der Waals surface area contributed by atoms with E-state index in [1.807, 2.05) is 41.4 Å². The Morgan fingerprint density at radius 1 is 1.06 bits per heavy atom. The minimum absolute atomic E-state index is 0.735. The Kier molecular flexibility index (Phi) is 3.10. The maximum absolute atomic E-state index is 5.90. The minimum atomic E-state index is 0.735. The summed E-state index contributed by atoms with van der Waals surface area (Å²) in [6.45, 7) is 0.771. The van der Waals surface area contributed by atoms with Gasteiger partial charge in [-0.05, 0) is 45.8 Å². The van der Waals surface area contributed by atoms with Crippen LogP contribution < -0.4 is 5.01 Å². The van der Waals surface area contributed by atoms with E-state index in [4.69, 9.17) is 11.6 Å². The Labute approximate surface area is 119 Å². The normalized spacial score (nSPS) is 14.1. The molecular formula is C14H10BrClN2. The third-order valence-electron chi connectivity index (χ3n) is 2.89. The summed E-state index contributed by atoms with van der Waals surface area (Å²) in [5, 5.41) is 7.24. The van der Waals surface area contributed by atoms with Crippen LogP contribution in [-0.2, 0) is 6.54 Å². The first kappa shape index (κ1) is 11.8. The van der Waals surface area contributed by atoms with Crippen molar-refractivity contribution in [1.29, 1.82) is 0 Å². The average molecular weight is 322 g/mol. The highest BCUT2D eigenvalue weighted by atomic mass is 79.9. The Bertz CT molecular complexity index is 607. The van der Waals surface area contributed by atoms with Crippen LogP contribution in [0.15, 0.2) is 53.6 Å². The number of hydrogen-bond acceptors (Lipinski definition) is 2. The number of hydrogen-bond donors (Lipinski definition) is 0. The predicted octanol–water partition coefficient (Wildman–Crippen LogP) is 4.42. The van der Waals surface area contributed by atoms with Gasteiger partial charge in [-0.2, -0.15) is 5.10 Å². The summed E-state index contributed by atoms with van der Waals surface area (Å²) in [5.74, 6) is 0. The van der Waals surface area contributed by atoms with Crippen LogP contribution >= 0.6 is 27.5 Å². The zero-order chi connectivity index (χ0) is 12.5. The molecule has 1 aliphatic heterocycles. The molecule has 0 saturated carbocycles. The highest BCUT2D eigenvalue weighted by molar-refractivity contribution is 9.18. The van der Waals surface area contributed by atoms with Crippen molar-refractivity contribution >= 4 is 37.8 Å². The lowest BCUT2D eigenvalue weighted by atomic mass is 10.1. The zero-order valence-electron chi connectivity index (χ0n) is 9.48. The second-order valence-corrected chi connectivity index (χ2v) is 5.27. The van der Waals surface area contributed by atoms with E-state index in [1.54, 1.807) is 0 Å². The van der Waals surface area contributed by atoms with Gasteiger partial charge in [-0.25, -0.2) is 0 Å². The SMILES string of the molecule is Clc1ccc(N2Cc3ccccc3C(Br)=N2)cc1. The van der Waals surface area contributed by atoms with E-state index in [0.717, 1.165) is 27.4 Å². The van der Waals surface area contributed by atoms with E-state index >= 15 is 0 Å². The molecule has 90 valence electrons. The molecule has 2 aromatic carbocycles. The molecule has 0 amide bonds. The first-order valence-corrected chi connectivity index (χ1v) is 6.76. The van der Waals surface area contributed by atoms with Gasteiger partial charge >= 0.3 is 0 Å². The third kappa shape index (κ3) is 2.16. The van der Waals surface area contributed by atoms with E-state index in [9.17, 15) is 0 Å². The molecule has 1 aliphatic rings. The van der Waals surface area contributed by atoms with Crippen LogP contribution in [0.25, 0.3) is 0 Å². The van der Waals surface area contributed by atoms with Crippen molar-refractivity contribution in [3.05, 3.63) is 64.7 Å². The van der Waals surface area contributed by atoms with Crippen LogP contribution in [0.2, 0.25) is 5.02 Å². The highest BCUT2D eigenvalue weighted by Gasteiger charge is 2.17. The molecule has 18 heavy (non-hydrogen) atoms. The third-order valence-corrected chi connectivity index (χ3v) is 3.73. The lowest BCUT2D eigenvalue weighted by Gasteiger charge is -2.25. The largest absolute Gasteiger partial charge is 0.260 e. The summed E-state index contributed by atoms with van der Waals surface area (Å²) in [5.41, 5.74) is 3.45. The number of anilines is 1. The summed E-state index contributed by atoms with van der Waals surface area (Å²) < 4.78 is 0.860. The van der Waals surface area contributed by atoms with E-state index < -0.39 is 0 Å². The van der Waals surface area contributed by atoms with E-state index in [2.05, 4.69) is 33.2 Å². The zero-order valence-corrected chi connectivity index (χ0v) is 11.8. The molecule has 0 atom stereocenters. The molecule has 0 fully saturated rings. The minimum Gasteiger partial charge on any atom is -0.260 e. The van der Waals surface area contributed by atoms with Crippen molar-refractivity contribution < 1.29 is 0 Å². The van der Waals surface area contributed by atoms with Crippen LogP contribution in [0.4, 0.5) is 5.69 Å². The lowest BCUT2D eigenvalue weighted by Crippen LogP contribution is -2.23. The van der Waals surface area contributed by atoms with Gasteiger partial charge in [-0.1, -0.05) is 35.9 Å². The van der Waals surface area contributed by atoms with E-state index in [-0.39, 0.29) is 0 Å². The Hall–Kier alpha value is -1.32. The fourth-order valence-corrected chi connectivity index (χ4v) is 2.68. The van der Waals surface area contributed by atoms with Gasteiger partial charge in [0.1, 0.15) is 4.62 Å². The first-order chi connectivity index (χ1) is 8.74. The molecule has 4 heteroatoms. The van der Waals surface area contributed by atoms with Crippen LogP contribution in [0.5, 0.6) is 0 Å². The van der Waals surface area contributed by atoms with Crippen LogP contribution in [0, 0.1) is 0 Å². The van der Waals surface area contributed by atoms with Crippen molar-refractivity contribution in [1.82, 2.24) is 0 Å². The van der Waals surface area contributed by atoms with Gasteiger partial charge in [0.15, 0.2) is 0 Å². The summed E-state index contributed by atoms with van der Waals surface area (Å²) in [4.78, 5) is 0. The quantitative estimate of drug-likeness (QED) is 0.759. The lowest BCUT2D eigenvalue weighted by molar-refractivity contribution is 0.842. The molecular weight excluding hydrogens is 312 g/mol. The second-order valence-electron chi connectivity index (χ2n) is 4.08. The maximum atomic E-state index is 5.90. The van der Waals surface area contributed by atoms with Gasteiger partial charge in [0, 0.05) is 10.6 Å². The fourth-order valence-electron chi connectivity index (χ4n) is 1.98. The van der Waals surface area contributed by atoms with Crippen molar-refractivity contribution in [3.8, 4) is 0 Å². The molecule has 0 spiro atoms. The predicted molar refractivity (Wildman–Crippen MR) is 79.5 cm³/mol. The number of hydrazone groups is 1. The number of benzene rings is 2. The van der Waals surface area contributed by atoms with Crippen LogP contribution in [0.3, 0.4) is 0 Å². The summed E-state index contributed by atoms with van der Waals surface area (Å²) in [6, 6.07) is 16.0. The smallest absolute Gasteiger partial charge is 0.134 e. The van der Waals surface area contributed by atoms with Gasteiger partial charge in [-0.3, -0.25) is 5.01 Å². The van der Waals surface area contributed by atoms with Gasteiger partial charge < -0.3 is 0 Å². The Balaban J connectivity index is 1.99. The fraction of sp³-hybridized carbons (Fsp3) is 0.0714. The second kappa shape index (κ2) is 4.75. The molecule has 1 heterocycles. The number of nitrogens with zero attached hydrogens (tertiary/aromatic N) is 2.